The van der Waals surface area contributed by atoms with Crippen molar-refractivity contribution in [3.8, 4) is 33.4 Å². The summed E-state index contributed by atoms with van der Waals surface area (Å²) < 4.78 is 0. The summed E-state index contributed by atoms with van der Waals surface area (Å²) in [6.45, 7) is 0. The summed E-state index contributed by atoms with van der Waals surface area (Å²) >= 11 is 0. The number of benzene rings is 9. The lowest BCUT2D eigenvalue weighted by atomic mass is 9.99. The van der Waals surface area contributed by atoms with Gasteiger partial charge in [0.05, 0.1) is 11.4 Å². The van der Waals surface area contributed by atoms with E-state index in [4.69, 9.17) is 9.97 Å². The van der Waals surface area contributed by atoms with Gasteiger partial charge in [-0.15, -0.1) is 0 Å². The molecule has 1 aromatic heterocycles. The van der Waals surface area contributed by atoms with Crippen molar-refractivity contribution >= 4 is 51.4 Å². The third kappa shape index (κ3) is 8.19. The first-order chi connectivity index (χ1) is 31.3. The standard InChI is InChI=1S/C58H43N5/c1-6-20-44(21-7-1)47-42-59-58(60-43-47)63(56-32-18-16-30-54(56)45-34-38-52(39-35-45)61(48-22-8-2-9-23-48)49-24-10-3-11-25-49)57-33-19-17-31-55(57)46-36-40-53(41-37-46)62(50-26-12-4-13-27-50)51-28-14-5-15-29-51/h1-43H. The Labute approximate surface area is 369 Å². The first-order valence-corrected chi connectivity index (χ1v) is 21.2. The number of hydrogen-bond donors (Lipinski definition) is 0. The average Bonchev–Trinajstić information content (AvgIpc) is 3.37. The van der Waals surface area contributed by atoms with Crippen LogP contribution >= 0.6 is 0 Å². The smallest absolute Gasteiger partial charge is 0.234 e. The summed E-state index contributed by atoms with van der Waals surface area (Å²) in [6, 6.07) is 86.9. The van der Waals surface area contributed by atoms with Crippen LogP contribution in [0.1, 0.15) is 0 Å². The highest BCUT2D eigenvalue weighted by molar-refractivity contribution is 5.93. The fourth-order valence-corrected chi connectivity index (χ4v) is 8.17. The summed E-state index contributed by atoms with van der Waals surface area (Å²) in [4.78, 5) is 16.9. The number of aromatic nitrogens is 2. The first kappa shape index (κ1) is 38.6. The molecule has 5 nitrogen and oxygen atoms in total. The molecule has 0 aliphatic heterocycles. The number of para-hydroxylation sites is 6. The number of nitrogens with zero attached hydrogens (tertiary/aromatic N) is 5. The van der Waals surface area contributed by atoms with Gasteiger partial charge in [-0.3, -0.25) is 4.90 Å². The van der Waals surface area contributed by atoms with Gasteiger partial charge in [-0.25, -0.2) is 9.97 Å². The third-order valence-corrected chi connectivity index (χ3v) is 11.2. The molecule has 0 bridgehead atoms. The van der Waals surface area contributed by atoms with Crippen LogP contribution in [0.3, 0.4) is 0 Å². The van der Waals surface area contributed by atoms with Gasteiger partial charge in [-0.2, -0.15) is 0 Å². The highest BCUT2D eigenvalue weighted by atomic mass is 15.3. The quantitative estimate of drug-likeness (QED) is 0.123. The van der Waals surface area contributed by atoms with Crippen LogP contribution in [0.4, 0.5) is 51.4 Å². The van der Waals surface area contributed by atoms with Gasteiger partial charge in [0.15, 0.2) is 0 Å². The number of hydrogen-bond acceptors (Lipinski definition) is 5. The highest BCUT2D eigenvalue weighted by Gasteiger charge is 2.23. The Morgan fingerprint density at radius 3 is 0.889 bits per heavy atom. The minimum atomic E-state index is 0.571. The molecule has 0 aliphatic carbocycles. The van der Waals surface area contributed by atoms with E-state index < -0.39 is 0 Å². The van der Waals surface area contributed by atoms with E-state index in [-0.39, 0.29) is 0 Å². The molecule has 0 unspecified atom stereocenters. The summed E-state index contributed by atoms with van der Waals surface area (Å²) in [5.74, 6) is 0.571. The van der Waals surface area contributed by atoms with Gasteiger partial charge in [-0.05, 0) is 102 Å². The normalized spacial score (nSPS) is 10.9. The molecule has 10 aromatic rings. The molecule has 0 saturated carbocycles. The van der Waals surface area contributed by atoms with Gasteiger partial charge in [0.25, 0.3) is 0 Å². The van der Waals surface area contributed by atoms with Crippen molar-refractivity contribution in [1.82, 2.24) is 9.97 Å². The topological polar surface area (TPSA) is 35.5 Å². The predicted octanol–water partition coefficient (Wildman–Crippen LogP) is 15.9. The second kappa shape index (κ2) is 18.0. The summed E-state index contributed by atoms with van der Waals surface area (Å²) in [5, 5.41) is 0. The minimum absolute atomic E-state index is 0.571. The summed E-state index contributed by atoms with van der Waals surface area (Å²) in [7, 11) is 0. The van der Waals surface area contributed by atoms with E-state index in [0.717, 1.165) is 78.9 Å². The van der Waals surface area contributed by atoms with Crippen LogP contribution < -0.4 is 14.7 Å². The van der Waals surface area contributed by atoms with Crippen LogP contribution in [-0.4, -0.2) is 9.97 Å². The molecule has 0 radical (unpaired) electrons. The van der Waals surface area contributed by atoms with Crippen molar-refractivity contribution in [2.45, 2.75) is 0 Å². The predicted molar refractivity (Wildman–Crippen MR) is 262 cm³/mol. The fraction of sp³-hybridized carbons (Fsp3) is 0. The van der Waals surface area contributed by atoms with Crippen molar-refractivity contribution in [3.05, 3.63) is 261 Å². The summed E-state index contributed by atoms with van der Waals surface area (Å²) in [5.41, 5.74) is 14.7. The molecule has 0 aliphatic rings. The Hall–Kier alpha value is -8.54. The Kier molecular flexibility index (Phi) is 11.0. The maximum atomic E-state index is 5.09. The Morgan fingerprint density at radius 2 is 0.524 bits per heavy atom. The van der Waals surface area contributed by atoms with Crippen molar-refractivity contribution in [2.75, 3.05) is 14.7 Å². The van der Waals surface area contributed by atoms with Crippen molar-refractivity contribution in [2.24, 2.45) is 0 Å². The van der Waals surface area contributed by atoms with Crippen LogP contribution in [0.2, 0.25) is 0 Å². The zero-order valence-electron chi connectivity index (χ0n) is 34.6. The van der Waals surface area contributed by atoms with Crippen LogP contribution in [0.5, 0.6) is 0 Å². The van der Waals surface area contributed by atoms with Crippen LogP contribution in [0.15, 0.2) is 261 Å². The van der Waals surface area contributed by atoms with E-state index in [1.54, 1.807) is 0 Å². The Bertz CT molecular complexity index is 2770. The first-order valence-electron chi connectivity index (χ1n) is 21.2. The Morgan fingerprint density at radius 1 is 0.222 bits per heavy atom. The Balaban J connectivity index is 1.07. The molecule has 10 rings (SSSR count). The van der Waals surface area contributed by atoms with Crippen LogP contribution in [0, 0.1) is 0 Å². The van der Waals surface area contributed by atoms with Crippen molar-refractivity contribution in [1.29, 1.82) is 0 Å². The third-order valence-electron chi connectivity index (χ3n) is 11.2. The SMILES string of the molecule is c1ccc(-c2cnc(N(c3ccccc3-c3ccc(N(c4ccccc4)c4ccccc4)cc3)c3ccccc3-c3ccc(N(c4ccccc4)c4ccccc4)cc3)nc2)cc1. The molecule has 300 valence electrons. The number of rotatable bonds is 12. The van der Waals surface area contributed by atoms with Gasteiger partial charge in [0.1, 0.15) is 0 Å². The van der Waals surface area contributed by atoms with Crippen LogP contribution in [0.25, 0.3) is 33.4 Å². The highest BCUT2D eigenvalue weighted by Crippen LogP contribution is 2.45. The largest absolute Gasteiger partial charge is 0.311 e. The minimum Gasteiger partial charge on any atom is -0.311 e. The van der Waals surface area contributed by atoms with E-state index in [9.17, 15) is 0 Å². The lowest BCUT2D eigenvalue weighted by Gasteiger charge is -2.29. The molecule has 0 saturated heterocycles. The zero-order valence-corrected chi connectivity index (χ0v) is 34.6. The lowest BCUT2D eigenvalue weighted by molar-refractivity contribution is 1.08. The van der Waals surface area contributed by atoms with Gasteiger partial charge in [-0.1, -0.05) is 164 Å². The molecule has 9 aromatic carbocycles. The molecule has 63 heavy (non-hydrogen) atoms. The van der Waals surface area contributed by atoms with E-state index in [0.29, 0.717) is 5.95 Å². The molecule has 1 heterocycles. The van der Waals surface area contributed by atoms with Crippen molar-refractivity contribution in [3.63, 3.8) is 0 Å². The van der Waals surface area contributed by atoms with Gasteiger partial charge in [0, 0.05) is 63.2 Å². The molecule has 0 spiro atoms. The molecule has 5 heteroatoms. The molecular formula is C58H43N5. The zero-order chi connectivity index (χ0) is 42.2. The molecule has 0 atom stereocenters. The fourth-order valence-electron chi connectivity index (χ4n) is 8.17. The molecular weight excluding hydrogens is 767 g/mol. The second-order valence-electron chi connectivity index (χ2n) is 15.1. The lowest BCUT2D eigenvalue weighted by Crippen LogP contribution is -2.15. The maximum absolute atomic E-state index is 5.09. The van der Waals surface area contributed by atoms with E-state index >= 15 is 0 Å². The van der Waals surface area contributed by atoms with Crippen molar-refractivity contribution < 1.29 is 0 Å². The van der Waals surface area contributed by atoms with E-state index in [2.05, 4.69) is 245 Å². The van der Waals surface area contributed by atoms with E-state index in [1.165, 1.54) is 0 Å². The van der Waals surface area contributed by atoms with Gasteiger partial charge in [0.2, 0.25) is 5.95 Å². The van der Waals surface area contributed by atoms with E-state index in [1.807, 2.05) is 30.6 Å². The molecule has 0 amide bonds. The summed E-state index contributed by atoms with van der Waals surface area (Å²) in [6.07, 6.45) is 3.84. The van der Waals surface area contributed by atoms with Gasteiger partial charge < -0.3 is 9.80 Å². The second-order valence-corrected chi connectivity index (χ2v) is 15.1. The molecule has 0 N–H and O–H groups in total. The van der Waals surface area contributed by atoms with Gasteiger partial charge >= 0.3 is 0 Å². The van der Waals surface area contributed by atoms with Crippen LogP contribution in [-0.2, 0) is 0 Å². The average molecular weight is 810 g/mol. The number of anilines is 9. The monoisotopic (exact) mass is 809 g/mol. The molecule has 0 fully saturated rings. The maximum Gasteiger partial charge on any atom is 0.234 e.